The van der Waals surface area contributed by atoms with Crippen molar-refractivity contribution in [3.8, 4) is 0 Å². The molecule has 0 rings (SSSR count). The predicted octanol–water partition coefficient (Wildman–Crippen LogP) is 23.0. The lowest BCUT2D eigenvalue weighted by Gasteiger charge is -2.18. The second-order valence-corrected chi connectivity index (χ2v) is 22.0. The number of unbranched alkanes of at least 4 members (excludes halogenated alkanes) is 31. The predicted molar refractivity (Wildman–Crippen MR) is 343 cm³/mol. The summed E-state index contributed by atoms with van der Waals surface area (Å²) in [5, 5.41) is 0. The van der Waals surface area contributed by atoms with Crippen LogP contribution in [-0.4, -0.2) is 37.2 Å². The Bertz CT molecular complexity index is 1590. The third-order valence-corrected chi connectivity index (χ3v) is 14.2. The molecule has 0 aliphatic carbocycles. The van der Waals surface area contributed by atoms with Crippen molar-refractivity contribution >= 4 is 17.9 Å². The first-order chi connectivity index (χ1) is 39.0. The van der Waals surface area contributed by atoms with Crippen LogP contribution in [0.3, 0.4) is 0 Å². The van der Waals surface area contributed by atoms with Gasteiger partial charge < -0.3 is 14.2 Å². The number of hydrogen-bond donors (Lipinski definition) is 0. The lowest BCUT2D eigenvalue weighted by atomic mass is 10.0. The molecule has 0 aromatic carbocycles. The minimum absolute atomic E-state index is 0.0965. The molecule has 0 amide bonds. The lowest BCUT2D eigenvalue weighted by Crippen LogP contribution is -2.30. The maximum Gasteiger partial charge on any atom is 0.306 e. The Morgan fingerprint density at radius 3 is 0.823 bits per heavy atom. The van der Waals surface area contributed by atoms with Crippen LogP contribution < -0.4 is 0 Å². The standard InChI is InChI=1S/C73H124O6/c1-4-7-10-13-16-19-22-25-28-31-34-35-36-37-40-42-45-48-51-54-57-60-63-66-72(75)78-69-70(79-73(76)67-64-61-58-55-52-49-46-43-39-33-30-27-24-21-18-15-12-9-6-3)68-77-71(74)65-62-59-56-53-50-47-44-41-38-32-29-26-23-20-17-14-11-8-5-2/h9,12,17-18,20-21,26-27,29-31,34,38-39,41,43,49,52,70H,4-8,10-11,13-16,19,22-25,28,32-33,35-37,40,42,44-48,50-51,53-69H2,1-3H3/b12-9-,20-17-,21-18-,29-26-,30-27-,34-31-,41-38-,43-39-,52-49-. The molecule has 0 saturated heterocycles. The summed E-state index contributed by atoms with van der Waals surface area (Å²) in [7, 11) is 0. The minimum atomic E-state index is -0.805. The van der Waals surface area contributed by atoms with Gasteiger partial charge in [-0.1, -0.05) is 278 Å². The van der Waals surface area contributed by atoms with Crippen LogP contribution in [0.4, 0.5) is 0 Å². The summed E-state index contributed by atoms with van der Waals surface area (Å²) < 4.78 is 16.9. The van der Waals surface area contributed by atoms with Gasteiger partial charge in [-0.05, 0) is 128 Å². The van der Waals surface area contributed by atoms with E-state index >= 15 is 0 Å². The Morgan fingerprint density at radius 2 is 0.494 bits per heavy atom. The highest BCUT2D eigenvalue weighted by Crippen LogP contribution is 2.16. The smallest absolute Gasteiger partial charge is 0.306 e. The first-order valence-corrected chi connectivity index (χ1v) is 33.4. The number of hydrogen-bond acceptors (Lipinski definition) is 6. The number of ether oxygens (including phenoxy) is 3. The SMILES string of the molecule is CC/C=C\C/C=C\C/C=C\C/C=C\C/C=C\CCCCCC(=O)OC(COC(=O)CCCCCCCC/C=C\C/C=C\C/C=C\CCCCC)COC(=O)CCCCCCCCCCCCC/C=C\CCCCCCCCCC. The highest BCUT2D eigenvalue weighted by atomic mass is 16.6. The maximum atomic E-state index is 12.9. The molecule has 0 saturated carbocycles. The fourth-order valence-electron chi connectivity index (χ4n) is 9.24. The van der Waals surface area contributed by atoms with Gasteiger partial charge in [0.05, 0.1) is 0 Å². The molecule has 0 aromatic rings. The van der Waals surface area contributed by atoms with Crippen LogP contribution >= 0.6 is 0 Å². The number of rotatable bonds is 60. The average molecular weight is 1100 g/mol. The Morgan fingerprint density at radius 1 is 0.266 bits per heavy atom. The van der Waals surface area contributed by atoms with Gasteiger partial charge in [0.1, 0.15) is 13.2 Å². The Kier molecular flexibility index (Phi) is 63.3. The number of esters is 3. The van der Waals surface area contributed by atoms with Crippen LogP contribution in [0.2, 0.25) is 0 Å². The molecule has 0 fully saturated rings. The van der Waals surface area contributed by atoms with Gasteiger partial charge in [0, 0.05) is 19.3 Å². The first-order valence-electron chi connectivity index (χ1n) is 33.4. The van der Waals surface area contributed by atoms with Gasteiger partial charge >= 0.3 is 17.9 Å². The van der Waals surface area contributed by atoms with Crippen LogP contribution in [0.25, 0.3) is 0 Å². The van der Waals surface area contributed by atoms with E-state index in [-0.39, 0.29) is 37.5 Å². The third kappa shape index (κ3) is 64.8. The van der Waals surface area contributed by atoms with Crippen molar-refractivity contribution in [1.82, 2.24) is 0 Å². The summed E-state index contributed by atoms with van der Waals surface area (Å²) in [4.78, 5) is 38.4. The van der Waals surface area contributed by atoms with E-state index in [0.717, 1.165) is 116 Å². The zero-order valence-corrected chi connectivity index (χ0v) is 51.9. The fourth-order valence-corrected chi connectivity index (χ4v) is 9.24. The van der Waals surface area contributed by atoms with E-state index in [1.165, 1.54) is 161 Å². The van der Waals surface area contributed by atoms with E-state index in [0.29, 0.717) is 12.8 Å². The van der Waals surface area contributed by atoms with Crippen molar-refractivity contribution in [1.29, 1.82) is 0 Å². The van der Waals surface area contributed by atoms with Crippen LogP contribution in [-0.2, 0) is 28.6 Å². The average Bonchev–Trinajstić information content (AvgIpc) is 3.45. The molecular weight excluding hydrogens is 973 g/mol. The Hall–Kier alpha value is -3.93. The van der Waals surface area contributed by atoms with Crippen LogP contribution in [0.1, 0.15) is 316 Å². The first kappa shape index (κ1) is 75.1. The maximum absolute atomic E-state index is 12.9. The minimum Gasteiger partial charge on any atom is -0.462 e. The molecule has 0 aliphatic heterocycles. The number of allylic oxidation sites excluding steroid dienone is 18. The number of carbonyl (C=O) groups excluding carboxylic acids is 3. The highest BCUT2D eigenvalue weighted by molar-refractivity contribution is 5.71. The quantitative estimate of drug-likeness (QED) is 0.0261. The molecule has 0 heterocycles. The topological polar surface area (TPSA) is 78.9 Å². The van der Waals surface area contributed by atoms with Gasteiger partial charge in [0.15, 0.2) is 6.10 Å². The van der Waals surface area contributed by atoms with E-state index in [1.807, 2.05) is 0 Å². The van der Waals surface area contributed by atoms with Crippen LogP contribution in [0, 0.1) is 0 Å². The molecule has 0 N–H and O–H groups in total. The molecule has 79 heavy (non-hydrogen) atoms. The van der Waals surface area contributed by atoms with Gasteiger partial charge in [-0.2, -0.15) is 0 Å². The Balaban J connectivity index is 4.44. The Labute approximate surface area is 489 Å². The van der Waals surface area contributed by atoms with Crippen molar-refractivity contribution in [2.24, 2.45) is 0 Å². The molecule has 6 heteroatoms. The summed E-state index contributed by atoms with van der Waals surface area (Å²) in [5.74, 6) is -0.933. The van der Waals surface area contributed by atoms with Crippen molar-refractivity contribution < 1.29 is 28.6 Å². The van der Waals surface area contributed by atoms with Crippen molar-refractivity contribution in [3.63, 3.8) is 0 Å². The summed E-state index contributed by atoms with van der Waals surface area (Å²) in [6.07, 6.45) is 90.9. The van der Waals surface area contributed by atoms with Gasteiger partial charge in [0.2, 0.25) is 0 Å². The van der Waals surface area contributed by atoms with Gasteiger partial charge in [-0.15, -0.1) is 0 Å². The zero-order valence-electron chi connectivity index (χ0n) is 51.9. The molecular formula is C73H124O6. The van der Waals surface area contributed by atoms with Crippen LogP contribution in [0.15, 0.2) is 109 Å². The molecule has 1 atom stereocenters. The van der Waals surface area contributed by atoms with E-state index in [2.05, 4.69) is 130 Å². The summed E-state index contributed by atoms with van der Waals surface area (Å²) >= 11 is 0. The highest BCUT2D eigenvalue weighted by Gasteiger charge is 2.19. The molecule has 0 aromatic heterocycles. The summed E-state index contributed by atoms with van der Waals surface area (Å²) in [6, 6.07) is 0. The van der Waals surface area contributed by atoms with Crippen molar-refractivity contribution in [2.45, 2.75) is 322 Å². The second-order valence-electron chi connectivity index (χ2n) is 22.0. The van der Waals surface area contributed by atoms with Gasteiger partial charge in [-0.3, -0.25) is 14.4 Å². The van der Waals surface area contributed by atoms with E-state index in [9.17, 15) is 14.4 Å². The van der Waals surface area contributed by atoms with Crippen molar-refractivity contribution in [2.75, 3.05) is 13.2 Å². The second kappa shape index (κ2) is 66.6. The van der Waals surface area contributed by atoms with Crippen molar-refractivity contribution in [3.05, 3.63) is 109 Å². The molecule has 6 nitrogen and oxygen atoms in total. The van der Waals surface area contributed by atoms with Crippen LogP contribution in [0.5, 0.6) is 0 Å². The largest absolute Gasteiger partial charge is 0.462 e. The van der Waals surface area contributed by atoms with E-state index in [1.54, 1.807) is 0 Å². The normalized spacial score (nSPS) is 12.8. The van der Waals surface area contributed by atoms with E-state index < -0.39 is 6.10 Å². The molecule has 0 spiro atoms. The molecule has 0 aliphatic rings. The van der Waals surface area contributed by atoms with Gasteiger partial charge in [0.25, 0.3) is 0 Å². The molecule has 0 radical (unpaired) electrons. The molecule has 452 valence electrons. The summed E-state index contributed by atoms with van der Waals surface area (Å²) in [6.45, 7) is 6.49. The number of carbonyl (C=O) groups is 3. The molecule has 0 bridgehead atoms. The van der Waals surface area contributed by atoms with E-state index in [4.69, 9.17) is 14.2 Å². The monoisotopic (exact) mass is 1100 g/mol. The fraction of sp³-hybridized carbons (Fsp3) is 0.712. The summed E-state index contributed by atoms with van der Waals surface area (Å²) in [5.41, 5.74) is 0. The molecule has 1 unspecified atom stereocenters. The third-order valence-electron chi connectivity index (χ3n) is 14.2. The zero-order chi connectivity index (χ0) is 57.1. The van der Waals surface area contributed by atoms with Gasteiger partial charge in [-0.25, -0.2) is 0 Å². The lowest BCUT2D eigenvalue weighted by molar-refractivity contribution is -0.167.